The molecule has 1 aromatic carbocycles. The number of rotatable bonds is 6. The van der Waals surface area contributed by atoms with E-state index in [9.17, 15) is 14.4 Å². The number of carbonyl (C=O) groups excluding carboxylic acids is 2. The summed E-state index contributed by atoms with van der Waals surface area (Å²) in [5.74, 6) is -1.78. The molecule has 0 aliphatic heterocycles. The van der Waals surface area contributed by atoms with Crippen LogP contribution in [0.25, 0.3) is 0 Å². The van der Waals surface area contributed by atoms with E-state index in [1.165, 1.54) is 26.2 Å². The molecule has 2 rings (SSSR count). The molecule has 1 aliphatic carbocycles. The minimum absolute atomic E-state index is 0.192. The molecule has 124 valence electrons. The maximum absolute atomic E-state index is 12.2. The molecule has 0 spiro atoms. The van der Waals surface area contributed by atoms with Gasteiger partial charge in [-0.2, -0.15) is 0 Å². The molecule has 1 aliphatic rings. The number of benzene rings is 1. The number of hydrogen-bond acceptors (Lipinski definition) is 4. The van der Waals surface area contributed by atoms with Gasteiger partial charge >= 0.3 is 5.97 Å². The summed E-state index contributed by atoms with van der Waals surface area (Å²) in [6.07, 6.45) is 2.36. The molecule has 1 saturated carbocycles. The minimum atomic E-state index is -1.10. The van der Waals surface area contributed by atoms with Crippen molar-refractivity contribution in [3.8, 4) is 0 Å². The lowest BCUT2D eigenvalue weighted by Crippen LogP contribution is -2.50. The Kier molecular flexibility index (Phi) is 5.00. The Balaban J connectivity index is 1.98. The van der Waals surface area contributed by atoms with Gasteiger partial charge in [0, 0.05) is 18.4 Å². The van der Waals surface area contributed by atoms with Gasteiger partial charge in [0.2, 0.25) is 0 Å². The van der Waals surface area contributed by atoms with Gasteiger partial charge in [0.1, 0.15) is 11.6 Å². The fraction of sp³-hybridized carbons (Fsp3) is 0.438. The van der Waals surface area contributed by atoms with Crippen molar-refractivity contribution < 1.29 is 24.2 Å². The van der Waals surface area contributed by atoms with E-state index in [1.54, 1.807) is 12.1 Å². The Bertz CT molecular complexity index is 602. The standard InChI is InChI=1S/C16H20N2O5/c1-10(14(20)21)17-13(19)11-4-6-12(7-5-11)18-15(22)16(23-2)8-3-9-16/h4-7,10H,3,8-9H2,1-2H3,(H,17,19)(H,18,22)(H,20,21). The number of ether oxygens (including phenoxy) is 1. The van der Waals surface area contributed by atoms with Gasteiger partial charge in [-0.05, 0) is 50.5 Å². The lowest BCUT2D eigenvalue weighted by atomic mass is 9.79. The molecule has 0 saturated heterocycles. The van der Waals surface area contributed by atoms with Crippen LogP contribution in [0, 0.1) is 0 Å². The van der Waals surface area contributed by atoms with Crippen molar-refractivity contribution in [2.75, 3.05) is 12.4 Å². The molecule has 1 atom stereocenters. The smallest absolute Gasteiger partial charge is 0.325 e. The van der Waals surface area contributed by atoms with Gasteiger partial charge in [-0.15, -0.1) is 0 Å². The van der Waals surface area contributed by atoms with Crippen molar-refractivity contribution in [1.29, 1.82) is 0 Å². The predicted octanol–water partition coefficient (Wildman–Crippen LogP) is 1.40. The average molecular weight is 320 g/mol. The van der Waals surface area contributed by atoms with Gasteiger partial charge in [-0.1, -0.05) is 0 Å². The van der Waals surface area contributed by atoms with Gasteiger partial charge in [0.25, 0.3) is 11.8 Å². The van der Waals surface area contributed by atoms with Crippen molar-refractivity contribution in [2.45, 2.75) is 37.8 Å². The third-order valence-electron chi connectivity index (χ3n) is 4.09. The van der Waals surface area contributed by atoms with Crippen molar-refractivity contribution in [3.05, 3.63) is 29.8 Å². The first-order valence-electron chi connectivity index (χ1n) is 7.38. The zero-order valence-electron chi connectivity index (χ0n) is 13.1. The van der Waals surface area contributed by atoms with Crippen LogP contribution < -0.4 is 10.6 Å². The quantitative estimate of drug-likeness (QED) is 0.735. The fourth-order valence-corrected chi connectivity index (χ4v) is 2.31. The SMILES string of the molecule is COC1(C(=O)Nc2ccc(C(=O)NC(C)C(=O)O)cc2)CCC1. The van der Waals surface area contributed by atoms with Crippen LogP contribution in [0.1, 0.15) is 36.5 Å². The van der Waals surface area contributed by atoms with Gasteiger partial charge < -0.3 is 20.5 Å². The molecule has 7 heteroatoms. The van der Waals surface area contributed by atoms with Gasteiger partial charge in [-0.3, -0.25) is 14.4 Å². The van der Waals surface area contributed by atoms with Crippen molar-refractivity contribution in [3.63, 3.8) is 0 Å². The topological polar surface area (TPSA) is 105 Å². The second kappa shape index (κ2) is 6.78. The molecule has 1 fully saturated rings. The first kappa shape index (κ1) is 17.0. The first-order valence-corrected chi connectivity index (χ1v) is 7.38. The predicted molar refractivity (Wildman–Crippen MR) is 83.2 cm³/mol. The van der Waals surface area contributed by atoms with Crippen LogP contribution in [0.2, 0.25) is 0 Å². The summed E-state index contributed by atoms with van der Waals surface area (Å²) >= 11 is 0. The maximum Gasteiger partial charge on any atom is 0.325 e. The molecule has 0 radical (unpaired) electrons. The summed E-state index contributed by atoms with van der Waals surface area (Å²) in [6.45, 7) is 1.39. The van der Waals surface area contributed by atoms with Crippen LogP contribution in [0.3, 0.4) is 0 Å². The van der Waals surface area contributed by atoms with Crippen LogP contribution in [0.4, 0.5) is 5.69 Å². The van der Waals surface area contributed by atoms with E-state index in [4.69, 9.17) is 9.84 Å². The van der Waals surface area contributed by atoms with Crippen molar-refractivity contribution in [1.82, 2.24) is 5.32 Å². The molecule has 3 N–H and O–H groups in total. The Morgan fingerprint density at radius 2 is 1.83 bits per heavy atom. The highest BCUT2D eigenvalue weighted by molar-refractivity contribution is 5.99. The lowest BCUT2D eigenvalue weighted by Gasteiger charge is -2.38. The normalized spacial score (nSPS) is 16.8. The molecule has 2 amide bonds. The molecule has 1 unspecified atom stereocenters. The molecule has 23 heavy (non-hydrogen) atoms. The number of hydrogen-bond donors (Lipinski definition) is 3. The number of amides is 2. The van der Waals surface area contributed by atoms with E-state index in [0.29, 0.717) is 24.1 Å². The largest absolute Gasteiger partial charge is 0.480 e. The summed E-state index contributed by atoms with van der Waals surface area (Å²) in [5, 5.41) is 13.9. The van der Waals surface area contributed by atoms with Crippen LogP contribution in [0.15, 0.2) is 24.3 Å². The molecule has 0 bridgehead atoms. The monoisotopic (exact) mass is 320 g/mol. The zero-order chi connectivity index (χ0) is 17.0. The number of carboxylic acids is 1. The van der Waals surface area contributed by atoms with E-state index in [1.807, 2.05) is 0 Å². The Hall–Kier alpha value is -2.41. The molecule has 7 nitrogen and oxygen atoms in total. The van der Waals surface area contributed by atoms with Crippen molar-refractivity contribution >= 4 is 23.5 Å². The molecule has 0 heterocycles. The highest BCUT2D eigenvalue weighted by Gasteiger charge is 2.44. The van der Waals surface area contributed by atoms with Gasteiger partial charge in [0.15, 0.2) is 0 Å². The lowest BCUT2D eigenvalue weighted by molar-refractivity contribution is -0.148. The number of carboxylic acid groups (broad SMARTS) is 1. The number of nitrogens with one attached hydrogen (secondary N) is 2. The minimum Gasteiger partial charge on any atom is -0.480 e. The highest BCUT2D eigenvalue weighted by Crippen LogP contribution is 2.36. The number of aliphatic carboxylic acids is 1. The van der Waals surface area contributed by atoms with Crippen LogP contribution in [0.5, 0.6) is 0 Å². The van der Waals surface area contributed by atoms with Crippen LogP contribution >= 0.6 is 0 Å². The summed E-state index contributed by atoms with van der Waals surface area (Å²) < 4.78 is 5.30. The molecule has 0 aromatic heterocycles. The molecular weight excluding hydrogens is 300 g/mol. The number of anilines is 1. The Morgan fingerprint density at radius 3 is 2.26 bits per heavy atom. The third kappa shape index (κ3) is 3.68. The Labute approximate surface area is 134 Å². The van der Waals surface area contributed by atoms with Crippen LogP contribution in [-0.4, -0.2) is 41.6 Å². The van der Waals surface area contributed by atoms with Crippen molar-refractivity contribution in [2.24, 2.45) is 0 Å². The summed E-state index contributed by atoms with van der Waals surface area (Å²) in [5.41, 5.74) is 0.134. The van der Waals surface area contributed by atoms with E-state index in [0.717, 1.165) is 6.42 Å². The average Bonchev–Trinajstić information content (AvgIpc) is 2.47. The van der Waals surface area contributed by atoms with Crippen LogP contribution in [-0.2, 0) is 14.3 Å². The fourth-order valence-electron chi connectivity index (χ4n) is 2.31. The second-order valence-electron chi connectivity index (χ2n) is 5.62. The van der Waals surface area contributed by atoms with Gasteiger partial charge in [-0.25, -0.2) is 0 Å². The molecule has 1 aromatic rings. The van der Waals surface area contributed by atoms with E-state index < -0.39 is 23.5 Å². The second-order valence-corrected chi connectivity index (χ2v) is 5.62. The molecular formula is C16H20N2O5. The summed E-state index contributed by atoms with van der Waals surface area (Å²) in [7, 11) is 1.52. The number of methoxy groups -OCH3 is 1. The van der Waals surface area contributed by atoms with Gasteiger partial charge in [0.05, 0.1) is 0 Å². The maximum atomic E-state index is 12.2. The first-order chi connectivity index (χ1) is 10.9. The zero-order valence-corrected chi connectivity index (χ0v) is 13.1. The van der Waals surface area contributed by atoms with E-state index in [-0.39, 0.29) is 5.91 Å². The summed E-state index contributed by atoms with van der Waals surface area (Å²) in [6, 6.07) is 5.28. The van der Waals surface area contributed by atoms with E-state index in [2.05, 4.69) is 10.6 Å². The van der Waals surface area contributed by atoms with E-state index >= 15 is 0 Å². The summed E-state index contributed by atoms with van der Waals surface area (Å²) in [4.78, 5) is 34.8. The highest BCUT2D eigenvalue weighted by atomic mass is 16.5. The third-order valence-corrected chi connectivity index (χ3v) is 4.09. The number of carbonyl (C=O) groups is 3. The Morgan fingerprint density at radius 1 is 1.22 bits per heavy atom.